The Morgan fingerprint density at radius 2 is 2.12 bits per heavy atom. The van der Waals surface area contributed by atoms with Gasteiger partial charge in [-0.25, -0.2) is 9.18 Å². The van der Waals surface area contributed by atoms with Crippen LogP contribution in [0.2, 0.25) is 0 Å². The van der Waals surface area contributed by atoms with Gasteiger partial charge in [0.15, 0.2) is 5.96 Å². The largest absolute Gasteiger partial charge is 0.450 e. The number of amides is 1. The van der Waals surface area contributed by atoms with Gasteiger partial charge in [-0.3, -0.25) is 4.99 Å². The Hall–Kier alpha value is -1.58. The van der Waals surface area contributed by atoms with E-state index in [1.165, 1.54) is 6.07 Å². The molecule has 8 heteroatoms. The van der Waals surface area contributed by atoms with Crippen LogP contribution in [0.5, 0.6) is 0 Å². The van der Waals surface area contributed by atoms with Crippen LogP contribution >= 0.6 is 24.0 Å². The molecule has 0 aliphatic carbocycles. The van der Waals surface area contributed by atoms with E-state index in [2.05, 4.69) is 15.6 Å². The highest BCUT2D eigenvalue weighted by Crippen LogP contribution is 2.11. The second kappa shape index (κ2) is 11.9. The summed E-state index contributed by atoms with van der Waals surface area (Å²) < 4.78 is 18.2. The van der Waals surface area contributed by atoms with Crippen molar-refractivity contribution in [3.05, 3.63) is 35.6 Å². The topological polar surface area (TPSA) is 66.0 Å². The lowest BCUT2D eigenvalue weighted by atomic mass is 10.1. The molecule has 0 bridgehead atoms. The van der Waals surface area contributed by atoms with Crippen LogP contribution in [0.4, 0.5) is 9.18 Å². The molecule has 1 aliphatic rings. The van der Waals surface area contributed by atoms with Gasteiger partial charge in [0.05, 0.1) is 6.61 Å². The Morgan fingerprint density at radius 1 is 1.38 bits per heavy atom. The van der Waals surface area contributed by atoms with Crippen molar-refractivity contribution in [1.82, 2.24) is 15.5 Å². The summed E-state index contributed by atoms with van der Waals surface area (Å²) in [6, 6.07) is 6.88. The third kappa shape index (κ3) is 7.35. The molecule has 0 radical (unpaired) electrons. The molecule has 1 aliphatic heterocycles. The highest BCUT2D eigenvalue weighted by atomic mass is 127. The van der Waals surface area contributed by atoms with E-state index in [1.54, 1.807) is 24.1 Å². The number of aliphatic imine (C=N–C) groups is 1. The fourth-order valence-electron chi connectivity index (χ4n) is 2.83. The summed E-state index contributed by atoms with van der Waals surface area (Å²) in [7, 11) is 1.73. The summed E-state index contributed by atoms with van der Waals surface area (Å²) >= 11 is 0. The molecule has 1 saturated heterocycles. The van der Waals surface area contributed by atoms with Crippen molar-refractivity contribution < 1.29 is 13.9 Å². The zero-order valence-electron chi connectivity index (χ0n) is 15.3. The number of rotatable bonds is 5. The third-order valence-corrected chi connectivity index (χ3v) is 4.18. The van der Waals surface area contributed by atoms with Crippen molar-refractivity contribution in [3.8, 4) is 0 Å². The Bertz CT molecular complexity index is 592. The molecule has 0 unspecified atom stereocenters. The maximum absolute atomic E-state index is 13.2. The first kappa shape index (κ1) is 22.5. The maximum atomic E-state index is 13.2. The number of carbonyl (C=O) groups is 1. The number of hydrogen-bond acceptors (Lipinski definition) is 3. The highest BCUT2D eigenvalue weighted by molar-refractivity contribution is 14.0. The molecule has 1 aromatic carbocycles. The first-order valence-electron chi connectivity index (χ1n) is 8.75. The van der Waals surface area contributed by atoms with Crippen molar-refractivity contribution in [2.75, 3.05) is 33.3 Å². The molecule has 26 heavy (non-hydrogen) atoms. The second-order valence-corrected chi connectivity index (χ2v) is 5.98. The van der Waals surface area contributed by atoms with Crippen molar-refractivity contribution >= 4 is 36.0 Å². The molecule has 0 atom stereocenters. The van der Waals surface area contributed by atoms with Crippen LogP contribution in [0.25, 0.3) is 0 Å². The van der Waals surface area contributed by atoms with Gasteiger partial charge < -0.3 is 20.3 Å². The lowest BCUT2D eigenvalue weighted by molar-refractivity contribution is 0.0963. The van der Waals surface area contributed by atoms with Gasteiger partial charge in [-0.2, -0.15) is 0 Å². The van der Waals surface area contributed by atoms with E-state index in [9.17, 15) is 9.18 Å². The fraction of sp³-hybridized carbons (Fsp3) is 0.556. The molecule has 146 valence electrons. The molecule has 1 aromatic rings. The van der Waals surface area contributed by atoms with E-state index >= 15 is 0 Å². The first-order chi connectivity index (χ1) is 12.1. The number of benzene rings is 1. The van der Waals surface area contributed by atoms with Crippen LogP contribution in [0.15, 0.2) is 29.3 Å². The second-order valence-electron chi connectivity index (χ2n) is 5.98. The van der Waals surface area contributed by atoms with Crippen LogP contribution in [0.3, 0.4) is 0 Å². The number of piperidine rings is 1. The molecule has 2 rings (SSSR count). The third-order valence-electron chi connectivity index (χ3n) is 4.18. The summed E-state index contributed by atoms with van der Waals surface area (Å²) in [5.74, 6) is 0.513. The zero-order valence-corrected chi connectivity index (χ0v) is 17.7. The van der Waals surface area contributed by atoms with Gasteiger partial charge in [0.2, 0.25) is 0 Å². The molecule has 6 nitrogen and oxygen atoms in total. The van der Waals surface area contributed by atoms with Gasteiger partial charge in [-0.15, -0.1) is 24.0 Å². The Balaban J connectivity index is 0.00000338. The van der Waals surface area contributed by atoms with Gasteiger partial charge in [-0.05, 0) is 43.9 Å². The summed E-state index contributed by atoms with van der Waals surface area (Å²) in [5, 5.41) is 6.63. The van der Waals surface area contributed by atoms with Gasteiger partial charge >= 0.3 is 6.09 Å². The summed E-state index contributed by atoms with van der Waals surface area (Å²) in [6.45, 7) is 4.24. The molecule has 1 amide bonds. The molecule has 2 N–H and O–H groups in total. The molecular formula is C18H28FIN4O2. The van der Waals surface area contributed by atoms with Crippen molar-refractivity contribution in [1.29, 1.82) is 0 Å². The summed E-state index contributed by atoms with van der Waals surface area (Å²) in [5.41, 5.74) is 0.950. The van der Waals surface area contributed by atoms with Crippen LogP contribution in [-0.4, -0.2) is 56.3 Å². The number of nitrogens with one attached hydrogen (secondary N) is 2. The van der Waals surface area contributed by atoms with Crippen molar-refractivity contribution in [3.63, 3.8) is 0 Å². The lowest BCUT2D eigenvalue weighted by Crippen LogP contribution is -2.50. The number of ether oxygens (including phenoxy) is 1. The molecule has 0 spiro atoms. The number of guanidine groups is 1. The Labute approximate surface area is 171 Å². The van der Waals surface area contributed by atoms with Gasteiger partial charge in [-0.1, -0.05) is 12.1 Å². The molecule has 1 fully saturated rings. The molecule has 0 saturated carbocycles. The van der Waals surface area contributed by atoms with E-state index in [4.69, 9.17) is 4.74 Å². The molecule has 0 aromatic heterocycles. The predicted molar refractivity (Wildman–Crippen MR) is 112 cm³/mol. The number of carbonyl (C=O) groups excluding carboxylic acids is 1. The normalized spacial score (nSPS) is 15.2. The quantitative estimate of drug-likeness (QED) is 0.388. The molecular weight excluding hydrogens is 450 g/mol. The minimum atomic E-state index is -0.237. The van der Waals surface area contributed by atoms with E-state index in [1.807, 2.05) is 13.0 Å². The smallest absolute Gasteiger partial charge is 0.409 e. The standard InChI is InChI=1S/C18H27FN4O2.HI/c1-3-25-18(24)23-11-8-16(9-12-23)22-17(20-2)21-10-7-14-5-4-6-15(19)13-14;/h4-6,13,16H,3,7-12H2,1-2H3,(H2,20,21,22);1H. The summed E-state index contributed by atoms with van der Waals surface area (Å²) in [6.07, 6.45) is 2.19. The van der Waals surface area contributed by atoms with Crippen molar-refractivity contribution in [2.45, 2.75) is 32.2 Å². The van der Waals surface area contributed by atoms with E-state index in [0.29, 0.717) is 26.2 Å². The lowest BCUT2D eigenvalue weighted by Gasteiger charge is -2.32. The monoisotopic (exact) mass is 478 g/mol. The van der Waals surface area contributed by atoms with Crippen LogP contribution < -0.4 is 10.6 Å². The van der Waals surface area contributed by atoms with Gasteiger partial charge in [0.25, 0.3) is 0 Å². The van der Waals surface area contributed by atoms with Crippen molar-refractivity contribution in [2.24, 2.45) is 4.99 Å². The molecule has 1 heterocycles. The van der Waals surface area contributed by atoms with E-state index in [0.717, 1.165) is 30.8 Å². The average molecular weight is 478 g/mol. The number of hydrogen-bond donors (Lipinski definition) is 2. The highest BCUT2D eigenvalue weighted by Gasteiger charge is 2.23. The van der Waals surface area contributed by atoms with E-state index < -0.39 is 0 Å². The van der Waals surface area contributed by atoms with Crippen LogP contribution in [-0.2, 0) is 11.2 Å². The minimum absolute atomic E-state index is 0. The Kier molecular flexibility index (Phi) is 10.3. The SMILES string of the molecule is CCOC(=O)N1CCC(NC(=NC)NCCc2cccc(F)c2)CC1.I. The maximum Gasteiger partial charge on any atom is 0.409 e. The number of halogens is 2. The Morgan fingerprint density at radius 3 is 2.73 bits per heavy atom. The zero-order chi connectivity index (χ0) is 18.1. The van der Waals surface area contributed by atoms with Crippen LogP contribution in [0, 0.1) is 5.82 Å². The number of nitrogens with zero attached hydrogens (tertiary/aromatic N) is 2. The van der Waals surface area contributed by atoms with E-state index in [-0.39, 0.29) is 41.9 Å². The predicted octanol–water partition coefficient (Wildman–Crippen LogP) is 2.77. The van der Waals surface area contributed by atoms with Gasteiger partial charge in [0.1, 0.15) is 5.82 Å². The number of likely N-dealkylation sites (tertiary alicyclic amines) is 1. The minimum Gasteiger partial charge on any atom is -0.450 e. The summed E-state index contributed by atoms with van der Waals surface area (Å²) in [4.78, 5) is 17.7. The van der Waals surface area contributed by atoms with Crippen LogP contribution in [0.1, 0.15) is 25.3 Å². The average Bonchev–Trinajstić information content (AvgIpc) is 2.61. The first-order valence-corrected chi connectivity index (χ1v) is 8.75. The fourth-order valence-corrected chi connectivity index (χ4v) is 2.83. The van der Waals surface area contributed by atoms with Gasteiger partial charge in [0, 0.05) is 32.7 Å².